The van der Waals surface area contributed by atoms with E-state index in [1.807, 2.05) is 12.1 Å². The molecular formula is C21H17ClN4O3. The molecule has 1 aliphatic rings. The number of halogens is 1. The van der Waals surface area contributed by atoms with Crippen molar-refractivity contribution in [2.75, 3.05) is 23.1 Å². The summed E-state index contributed by atoms with van der Waals surface area (Å²) in [5.41, 5.74) is 8.71. The Kier molecular flexibility index (Phi) is 4.82. The van der Waals surface area contributed by atoms with Gasteiger partial charge in [0.15, 0.2) is 5.69 Å². The number of nitrogens with zero attached hydrogens (tertiary/aromatic N) is 2. The molecule has 0 bridgehead atoms. The van der Waals surface area contributed by atoms with Gasteiger partial charge in [-0.3, -0.25) is 9.59 Å². The number of anilines is 3. The van der Waals surface area contributed by atoms with Crippen LogP contribution in [0.5, 0.6) is 5.75 Å². The van der Waals surface area contributed by atoms with Gasteiger partial charge in [-0.2, -0.15) is 0 Å². The zero-order valence-corrected chi connectivity index (χ0v) is 16.2. The topological polar surface area (TPSA) is 97.5 Å². The fraction of sp³-hybridized carbons (Fsp3) is 0.0952. The van der Waals surface area contributed by atoms with Crippen LogP contribution < -0.4 is 20.7 Å². The number of benzene rings is 2. The van der Waals surface area contributed by atoms with Crippen molar-refractivity contribution in [3.05, 3.63) is 76.6 Å². The van der Waals surface area contributed by atoms with Gasteiger partial charge in [0.2, 0.25) is 0 Å². The lowest BCUT2D eigenvalue weighted by Crippen LogP contribution is -2.23. The number of hydrogen-bond donors (Lipinski definition) is 2. The molecule has 0 saturated carbocycles. The minimum Gasteiger partial charge on any atom is -0.497 e. The summed E-state index contributed by atoms with van der Waals surface area (Å²) >= 11 is 6.43. The third kappa shape index (κ3) is 3.48. The van der Waals surface area contributed by atoms with E-state index in [-0.39, 0.29) is 17.3 Å². The maximum atomic E-state index is 12.8. The van der Waals surface area contributed by atoms with Gasteiger partial charge in [-0.25, -0.2) is 4.98 Å². The van der Waals surface area contributed by atoms with Gasteiger partial charge in [-0.1, -0.05) is 17.7 Å². The monoisotopic (exact) mass is 408 g/mol. The number of carbonyl (C=O) groups is 2. The van der Waals surface area contributed by atoms with E-state index >= 15 is 0 Å². The summed E-state index contributed by atoms with van der Waals surface area (Å²) in [7, 11) is 1.56. The second-order valence-electron chi connectivity index (χ2n) is 6.48. The summed E-state index contributed by atoms with van der Waals surface area (Å²) in [6.45, 7) is 0.411. The normalized spacial score (nSPS) is 12.6. The fourth-order valence-corrected chi connectivity index (χ4v) is 3.49. The van der Waals surface area contributed by atoms with Gasteiger partial charge in [0, 0.05) is 17.4 Å². The summed E-state index contributed by atoms with van der Waals surface area (Å²) in [5.74, 6) is 0.0272. The molecule has 0 spiro atoms. The number of ether oxygens (including phenoxy) is 1. The first-order valence-corrected chi connectivity index (χ1v) is 9.16. The summed E-state index contributed by atoms with van der Waals surface area (Å²) in [6, 6.07) is 13.6. The van der Waals surface area contributed by atoms with Crippen molar-refractivity contribution < 1.29 is 14.3 Å². The van der Waals surface area contributed by atoms with E-state index in [4.69, 9.17) is 22.1 Å². The molecule has 3 aromatic rings. The van der Waals surface area contributed by atoms with E-state index < -0.39 is 5.91 Å². The molecule has 0 aliphatic carbocycles. The van der Waals surface area contributed by atoms with Crippen LogP contribution >= 0.6 is 11.6 Å². The number of nitrogen functional groups attached to an aromatic ring is 1. The molecule has 3 N–H and O–H groups in total. The van der Waals surface area contributed by atoms with Gasteiger partial charge >= 0.3 is 0 Å². The molecule has 1 aliphatic heterocycles. The first-order chi connectivity index (χ1) is 14.0. The number of amides is 2. The van der Waals surface area contributed by atoms with E-state index in [2.05, 4.69) is 10.3 Å². The van der Waals surface area contributed by atoms with E-state index in [9.17, 15) is 9.59 Å². The number of nitrogens with one attached hydrogen (secondary N) is 1. The quantitative estimate of drug-likeness (QED) is 0.685. The van der Waals surface area contributed by atoms with Crippen LogP contribution in [0.15, 0.2) is 54.7 Å². The van der Waals surface area contributed by atoms with Crippen LogP contribution in [0.3, 0.4) is 0 Å². The van der Waals surface area contributed by atoms with Crippen LogP contribution in [-0.4, -0.2) is 23.9 Å². The molecule has 29 heavy (non-hydrogen) atoms. The Morgan fingerprint density at radius 2 is 2.07 bits per heavy atom. The molecule has 0 saturated heterocycles. The Morgan fingerprint density at radius 1 is 1.24 bits per heavy atom. The van der Waals surface area contributed by atoms with Gasteiger partial charge < -0.3 is 20.7 Å². The van der Waals surface area contributed by atoms with Crippen molar-refractivity contribution in [3.8, 4) is 5.75 Å². The maximum Gasteiger partial charge on any atom is 0.276 e. The summed E-state index contributed by atoms with van der Waals surface area (Å²) < 4.78 is 5.20. The Hall–Kier alpha value is -3.58. The Morgan fingerprint density at radius 3 is 2.79 bits per heavy atom. The number of fused-ring (bicyclic) bond motifs is 1. The zero-order chi connectivity index (χ0) is 20.5. The second kappa shape index (κ2) is 7.44. The van der Waals surface area contributed by atoms with E-state index in [1.165, 1.54) is 6.20 Å². The molecule has 2 heterocycles. The van der Waals surface area contributed by atoms with Gasteiger partial charge in [0.05, 0.1) is 30.1 Å². The number of carbonyl (C=O) groups excluding carboxylic acids is 2. The van der Waals surface area contributed by atoms with Crippen molar-refractivity contribution in [3.63, 3.8) is 0 Å². The predicted molar refractivity (Wildman–Crippen MR) is 112 cm³/mol. The highest BCUT2D eigenvalue weighted by Crippen LogP contribution is 2.36. The van der Waals surface area contributed by atoms with E-state index in [0.29, 0.717) is 34.3 Å². The molecule has 7 nitrogen and oxygen atoms in total. The first-order valence-electron chi connectivity index (χ1n) is 8.78. The van der Waals surface area contributed by atoms with Crippen LogP contribution in [0.1, 0.15) is 26.4 Å². The molecule has 1 aromatic heterocycles. The molecule has 2 amide bonds. The van der Waals surface area contributed by atoms with Crippen LogP contribution in [-0.2, 0) is 6.54 Å². The molecule has 0 atom stereocenters. The molecule has 0 fully saturated rings. The van der Waals surface area contributed by atoms with Crippen molar-refractivity contribution in [1.29, 1.82) is 0 Å². The van der Waals surface area contributed by atoms with Crippen LogP contribution in [0, 0.1) is 0 Å². The summed E-state index contributed by atoms with van der Waals surface area (Å²) in [4.78, 5) is 30.8. The second-order valence-corrected chi connectivity index (χ2v) is 6.88. The molecule has 2 aromatic carbocycles. The number of methoxy groups -OCH3 is 1. The number of hydrogen-bond acceptors (Lipinski definition) is 5. The summed E-state index contributed by atoms with van der Waals surface area (Å²) in [5, 5.41) is 3.05. The lowest BCUT2D eigenvalue weighted by molar-refractivity contribution is 0.0993. The average molecular weight is 409 g/mol. The fourth-order valence-electron chi connectivity index (χ4n) is 3.20. The molecule has 0 unspecified atom stereocenters. The highest BCUT2D eigenvalue weighted by Gasteiger charge is 2.30. The Bertz CT molecular complexity index is 1130. The number of pyridine rings is 1. The van der Waals surface area contributed by atoms with E-state index in [0.717, 1.165) is 5.56 Å². The zero-order valence-electron chi connectivity index (χ0n) is 15.5. The van der Waals surface area contributed by atoms with E-state index in [1.54, 1.807) is 48.4 Å². The number of nitrogens with two attached hydrogens (primary N) is 1. The van der Waals surface area contributed by atoms with Crippen LogP contribution in [0.4, 0.5) is 17.1 Å². The minimum absolute atomic E-state index is 0.131. The third-order valence-corrected chi connectivity index (χ3v) is 4.97. The van der Waals surface area contributed by atoms with Crippen LogP contribution in [0.25, 0.3) is 0 Å². The molecule has 4 rings (SSSR count). The third-order valence-electron chi connectivity index (χ3n) is 4.67. The average Bonchev–Trinajstić information content (AvgIpc) is 3.04. The first kappa shape index (κ1) is 18.8. The maximum absolute atomic E-state index is 12.8. The highest BCUT2D eigenvalue weighted by atomic mass is 35.5. The minimum atomic E-state index is -0.441. The van der Waals surface area contributed by atoms with Gasteiger partial charge in [-0.15, -0.1) is 0 Å². The van der Waals surface area contributed by atoms with Gasteiger partial charge in [0.25, 0.3) is 11.8 Å². The lowest BCUT2D eigenvalue weighted by atomic mass is 10.1. The smallest absolute Gasteiger partial charge is 0.276 e. The number of rotatable bonds is 4. The molecule has 0 radical (unpaired) electrons. The van der Waals surface area contributed by atoms with Crippen molar-refractivity contribution >= 4 is 40.5 Å². The largest absolute Gasteiger partial charge is 0.497 e. The highest BCUT2D eigenvalue weighted by molar-refractivity contribution is 6.34. The molecular weight excluding hydrogens is 392 g/mol. The van der Waals surface area contributed by atoms with Gasteiger partial charge in [-0.05, 0) is 48.0 Å². The predicted octanol–water partition coefficient (Wildman–Crippen LogP) is 3.74. The molecule has 8 heteroatoms. The molecule has 146 valence electrons. The Balaban J connectivity index is 1.56. The van der Waals surface area contributed by atoms with Gasteiger partial charge in [0.1, 0.15) is 5.75 Å². The van der Waals surface area contributed by atoms with Crippen molar-refractivity contribution in [2.24, 2.45) is 0 Å². The van der Waals surface area contributed by atoms with Crippen molar-refractivity contribution in [2.45, 2.75) is 6.54 Å². The summed E-state index contributed by atoms with van der Waals surface area (Å²) in [6.07, 6.45) is 1.49. The lowest BCUT2D eigenvalue weighted by Gasteiger charge is -2.18. The van der Waals surface area contributed by atoms with Crippen LogP contribution in [0.2, 0.25) is 5.02 Å². The number of aromatic nitrogens is 1. The SMILES string of the molecule is COc1ccc2c(c1)C(=O)N(c1ccc(NC(=O)c3ncccc3N)cc1Cl)C2. The Labute approximate surface area is 172 Å². The van der Waals surface area contributed by atoms with Crippen molar-refractivity contribution in [1.82, 2.24) is 4.98 Å². The standard InChI is InChI=1S/C21H17ClN4O3/c1-29-14-6-4-12-11-26(21(28)15(12)10-14)18-7-5-13(9-16(18)22)25-20(27)19-17(23)3-2-8-24-19/h2-10H,11,23H2,1H3,(H,25,27).